The van der Waals surface area contributed by atoms with Crippen molar-refractivity contribution in [3.05, 3.63) is 29.8 Å². The van der Waals surface area contributed by atoms with E-state index >= 15 is 0 Å². The van der Waals surface area contributed by atoms with Crippen molar-refractivity contribution in [2.24, 2.45) is 10.4 Å². The van der Waals surface area contributed by atoms with Crippen LogP contribution in [0.4, 0.5) is 0 Å². The molecule has 6 heteroatoms. The molecule has 1 fully saturated rings. The fourth-order valence-electron chi connectivity index (χ4n) is 2.53. The van der Waals surface area contributed by atoms with E-state index in [9.17, 15) is 5.11 Å². The Morgan fingerprint density at radius 2 is 2.12 bits per heavy atom. The molecule has 1 atom stereocenters. The van der Waals surface area contributed by atoms with Gasteiger partial charge in [-0.25, -0.2) is 0 Å². The van der Waals surface area contributed by atoms with Crippen molar-refractivity contribution >= 4 is 5.96 Å². The number of aliphatic hydroxyl groups excluding tert-OH is 1. The Bertz CT molecular complexity index is 571. The predicted molar refractivity (Wildman–Crippen MR) is 100 cm³/mol. The quantitative estimate of drug-likeness (QED) is 0.495. The van der Waals surface area contributed by atoms with Gasteiger partial charge < -0.3 is 25.2 Å². The molecule has 0 bridgehead atoms. The van der Waals surface area contributed by atoms with Crippen LogP contribution in [-0.4, -0.2) is 50.0 Å². The Hall–Kier alpha value is -1.79. The highest BCUT2D eigenvalue weighted by Crippen LogP contribution is 2.26. The topological polar surface area (TPSA) is 75.1 Å². The number of aliphatic hydroxyl groups is 1. The van der Waals surface area contributed by atoms with Crippen LogP contribution >= 0.6 is 0 Å². The van der Waals surface area contributed by atoms with Crippen LogP contribution < -0.4 is 15.4 Å². The Morgan fingerprint density at radius 3 is 2.72 bits per heavy atom. The normalized spacial score (nSPS) is 17.8. The van der Waals surface area contributed by atoms with Crippen LogP contribution in [0.15, 0.2) is 29.3 Å². The molecule has 1 aliphatic heterocycles. The summed E-state index contributed by atoms with van der Waals surface area (Å²) in [5.41, 5.74) is 0.949. The van der Waals surface area contributed by atoms with E-state index in [0.29, 0.717) is 19.0 Å². The van der Waals surface area contributed by atoms with Crippen LogP contribution in [0.3, 0.4) is 0 Å². The number of hydrogen-bond donors (Lipinski definition) is 3. The van der Waals surface area contributed by atoms with Crippen LogP contribution in [0.5, 0.6) is 5.75 Å². The van der Waals surface area contributed by atoms with Gasteiger partial charge in [0.25, 0.3) is 0 Å². The second kappa shape index (κ2) is 9.06. The highest BCUT2D eigenvalue weighted by atomic mass is 16.5. The van der Waals surface area contributed by atoms with Gasteiger partial charge in [0.1, 0.15) is 5.75 Å². The minimum Gasteiger partial charge on any atom is -0.491 e. The lowest BCUT2D eigenvalue weighted by Gasteiger charge is -2.36. The third kappa shape index (κ3) is 6.21. The number of ether oxygens (including phenoxy) is 2. The number of nitrogens with zero attached hydrogens (tertiary/aromatic N) is 1. The van der Waals surface area contributed by atoms with Crippen molar-refractivity contribution in [2.75, 3.05) is 32.8 Å². The molecule has 6 nitrogen and oxygen atoms in total. The molecule has 0 aliphatic carbocycles. The third-order valence-electron chi connectivity index (χ3n) is 3.94. The van der Waals surface area contributed by atoms with E-state index in [1.807, 2.05) is 45.0 Å². The van der Waals surface area contributed by atoms with Gasteiger partial charge in [-0.05, 0) is 38.5 Å². The van der Waals surface area contributed by atoms with E-state index in [4.69, 9.17) is 9.47 Å². The van der Waals surface area contributed by atoms with Crippen molar-refractivity contribution in [1.29, 1.82) is 0 Å². The summed E-state index contributed by atoms with van der Waals surface area (Å²) >= 11 is 0. The highest BCUT2D eigenvalue weighted by Gasteiger charge is 2.33. The fraction of sp³-hybridized carbons (Fsp3) is 0.632. The lowest BCUT2D eigenvalue weighted by molar-refractivity contribution is -0.0945. The average Bonchev–Trinajstić information content (AvgIpc) is 2.55. The smallest absolute Gasteiger partial charge is 0.191 e. The number of hydrogen-bond acceptors (Lipinski definition) is 4. The molecule has 1 unspecified atom stereocenters. The van der Waals surface area contributed by atoms with Crippen LogP contribution in [0.1, 0.15) is 39.4 Å². The van der Waals surface area contributed by atoms with Crippen LogP contribution in [0, 0.1) is 5.41 Å². The van der Waals surface area contributed by atoms with Gasteiger partial charge in [-0.2, -0.15) is 0 Å². The second-order valence-electron chi connectivity index (χ2n) is 7.13. The van der Waals surface area contributed by atoms with Crippen LogP contribution in [0.2, 0.25) is 0 Å². The molecule has 0 spiro atoms. The van der Waals surface area contributed by atoms with E-state index in [0.717, 1.165) is 31.1 Å². The Balaban J connectivity index is 1.91. The zero-order chi connectivity index (χ0) is 18.3. The lowest BCUT2D eigenvalue weighted by Crippen LogP contribution is -2.45. The van der Waals surface area contributed by atoms with E-state index in [-0.39, 0.29) is 11.5 Å². The summed E-state index contributed by atoms with van der Waals surface area (Å²) in [6, 6.07) is 7.57. The van der Waals surface area contributed by atoms with Crippen molar-refractivity contribution in [3.63, 3.8) is 0 Å². The maximum atomic E-state index is 10.5. The van der Waals surface area contributed by atoms with Crippen LogP contribution in [-0.2, 0) is 4.74 Å². The monoisotopic (exact) mass is 349 g/mol. The molecule has 0 aromatic heterocycles. The minimum absolute atomic E-state index is 0.106. The molecule has 1 heterocycles. The standard InChI is InChI=1S/C19H31N3O3/c1-5-20-18(22-11-19(4)12-24-13-19)21-10-17(23)15-7-6-8-16(9-15)25-14(2)3/h6-9,14,17,23H,5,10-13H2,1-4H3,(H2,20,21,22). The molecule has 0 saturated carbocycles. The molecular weight excluding hydrogens is 318 g/mol. The molecule has 1 aromatic rings. The summed E-state index contributed by atoms with van der Waals surface area (Å²) in [5, 5.41) is 16.9. The third-order valence-corrected chi connectivity index (χ3v) is 3.94. The van der Waals surface area contributed by atoms with Gasteiger partial charge in [0.05, 0.1) is 32.0 Å². The number of aliphatic imine (C=N–C) groups is 1. The number of rotatable bonds is 8. The summed E-state index contributed by atoms with van der Waals surface area (Å²) in [7, 11) is 0. The van der Waals surface area contributed by atoms with Crippen molar-refractivity contribution in [2.45, 2.75) is 39.9 Å². The minimum atomic E-state index is -0.637. The molecular formula is C19H31N3O3. The first-order chi connectivity index (χ1) is 11.9. The van der Waals surface area contributed by atoms with Gasteiger partial charge in [-0.1, -0.05) is 19.1 Å². The molecule has 2 rings (SSSR count). The first-order valence-electron chi connectivity index (χ1n) is 8.96. The first-order valence-corrected chi connectivity index (χ1v) is 8.96. The summed E-state index contributed by atoms with van der Waals surface area (Å²) in [6.45, 7) is 11.5. The highest BCUT2D eigenvalue weighted by molar-refractivity contribution is 5.79. The zero-order valence-corrected chi connectivity index (χ0v) is 15.7. The predicted octanol–water partition coefficient (Wildman–Crippen LogP) is 2.10. The first kappa shape index (κ1) is 19.5. The molecule has 140 valence electrons. The van der Waals surface area contributed by atoms with E-state index in [1.54, 1.807) is 0 Å². The largest absolute Gasteiger partial charge is 0.491 e. The van der Waals surface area contributed by atoms with E-state index < -0.39 is 6.10 Å². The molecule has 1 aliphatic rings. The van der Waals surface area contributed by atoms with Gasteiger partial charge >= 0.3 is 0 Å². The molecule has 1 saturated heterocycles. The molecule has 0 amide bonds. The Labute approximate surface area is 150 Å². The number of guanidine groups is 1. The van der Waals surface area contributed by atoms with Gasteiger partial charge in [0.2, 0.25) is 0 Å². The Kier molecular flexibility index (Phi) is 7.08. The molecule has 0 radical (unpaired) electrons. The van der Waals surface area contributed by atoms with Crippen molar-refractivity contribution in [3.8, 4) is 5.75 Å². The van der Waals surface area contributed by atoms with Crippen molar-refractivity contribution in [1.82, 2.24) is 10.6 Å². The van der Waals surface area contributed by atoms with Gasteiger partial charge in [0, 0.05) is 18.5 Å². The van der Waals surface area contributed by atoms with E-state index in [1.165, 1.54) is 0 Å². The maximum Gasteiger partial charge on any atom is 0.191 e. The lowest BCUT2D eigenvalue weighted by atomic mass is 9.89. The summed E-state index contributed by atoms with van der Waals surface area (Å²) < 4.78 is 10.9. The molecule has 3 N–H and O–H groups in total. The second-order valence-corrected chi connectivity index (χ2v) is 7.13. The SMILES string of the molecule is CCNC(=NCC1(C)COC1)NCC(O)c1cccc(OC(C)C)c1. The van der Waals surface area contributed by atoms with Crippen LogP contribution in [0.25, 0.3) is 0 Å². The molecule has 25 heavy (non-hydrogen) atoms. The number of benzene rings is 1. The fourth-order valence-corrected chi connectivity index (χ4v) is 2.53. The number of nitrogens with one attached hydrogen (secondary N) is 2. The van der Waals surface area contributed by atoms with Gasteiger partial charge in [-0.3, -0.25) is 4.99 Å². The van der Waals surface area contributed by atoms with E-state index in [2.05, 4.69) is 22.5 Å². The van der Waals surface area contributed by atoms with Gasteiger partial charge in [-0.15, -0.1) is 0 Å². The summed E-state index contributed by atoms with van der Waals surface area (Å²) in [4.78, 5) is 4.61. The maximum absolute atomic E-state index is 10.5. The Morgan fingerprint density at radius 1 is 1.36 bits per heavy atom. The summed E-state index contributed by atoms with van der Waals surface area (Å²) in [6.07, 6.45) is -0.531. The summed E-state index contributed by atoms with van der Waals surface area (Å²) in [5.74, 6) is 1.48. The zero-order valence-electron chi connectivity index (χ0n) is 15.7. The van der Waals surface area contributed by atoms with Gasteiger partial charge in [0.15, 0.2) is 5.96 Å². The molecule has 1 aromatic carbocycles. The van der Waals surface area contributed by atoms with Crippen molar-refractivity contribution < 1.29 is 14.6 Å². The average molecular weight is 349 g/mol.